The van der Waals surface area contributed by atoms with Crippen molar-refractivity contribution in [3.05, 3.63) is 58.4 Å². The number of hydrogen-bond donors (Lipinski definition) is 0. The number of anilines is 1. The van der Waals surface area contributed by atoms with Crippen molar-refractivity contribution in [3.63, 3.8) is 0 Å². The molecule has 3 rings (SSSR count). The highest BCUT2D eigenvalue weighted by Crippen LogP contribution is 2.25. The summed E-state index contributed by atoms with van der Waals surface area (Å²) in [5.74, 6) is -2.33. The first kappa shape index (κ1) is 17.8. The minimum Gasteiger partial charge on any atom is -0.367 e. The van der Waals surface area contributed by atoms with Crippen LogP contribution in [0.4, 0.5) is 14.5 Å². The summed E-state index contributed by atoms with van der Waals surface area (Å²) in [6.07, 6.45) is 0. The van der Waals surface area contributed by atoms with Gasteiger partial charge in [0.1, 0.15) is 6.07 Å². The van der Waals surface area contributed by atoms with E-state index >= 15 is 0 Å². The third-order valence-corrected chi connectivity index (χ3v) is 4.49. The van der Waals surface area contributed by atoms with E-state index in [0.29, 0.717) is 37.4 Å². The number of benzene rings is 1. The number of carbonyl (C=O) groups excluding carboxylic acids is 1. The Labute approximate surface area is 150 Å². The third kappa shape index (κ3) is 3.36. The molecule has 0 saturated carbocycles. The van der Waals surface area contributed by atoms with E-state index in [1.54, 1.807) is 11.8 Å². The van der Waals surface area contributed by atoms with Crippen LogP contribution in [0.25, 0.3) is 0 Å². The number of rotatable bonds is 2. The highest BCUT2D eigenvalue weighted by Gasteiger charge is 2.25. The van der Waals surface area contributed by atoms with Crippen LogP contribution < -0.4 is 4.90 Å². The van der Waals surface area contributed by atoms with Gasteiger partial charge >= 0.3 is 0 Å². The second kappa shape index (κ2) is 7.08. The maximum atomic E-state index is 13.4. The van der Waals surface area contributed by atoms with Crippen molar-refractivity contribution in [2.24, 2.45) is 0 Å². The van der Waals surface area contributed by atoms with E-state index in [1.807, 2.05) is 13.0 Å². The number of pyridine rings is 1. The van der Waals surface area contributed by atoms with E-state index in [-0.39, 0.29) is 11.5 Å². The summed E-state index contributed by atoms with van der Waals surface area (Å²) in [5.41, 5.74) is 3.00. The van der Waals surface area contributed by atoms with Gasteiger partial charge in [-0.15, -0.1) is 0 Å². The molecule has 2 heterocycles. The summed E-state index contributed by atoms with van der Waals surface area (Å²) in [4.78, 5) is 20.5. The monoisotopic (exact) mass is 356 g/mol. The van der Waals surface area contributed by atoms with Crippen LogP contribution in [0.3, 0.4) is 0 Å². The first-order chi connectivity index (χ1) is 12.4. The van der Waals surface area contributed by atoms with Gasteiger partial charge in [-0.3, -0.25) is 9.78 Å². The quantitative estimate of drug-likeness (QED) is 0.830. The number of carbonyl (C=O) groups is 1. The van der Waals surface area contributed by atoms with Gasteiger partial charge in [0, 0.05) is 37.4 Å². The second-order valence-electron chi connectivity index (χ2n) is 6.26. The zero-order valence-corrected chi connectivity index (χ0v) is 14.6. The summed E-state index contributed by atoms with van der Waals surface area (Å²) in [6, 6.07) is 7.24. The van der Waals surface area contributed by atoms with Gasteiger partial charge in [0.2, 0.25) is 0 Å². The highest BCUT2D eigenvalue weighted by atomic mass is 19.2. The molecule has 0 bridgehead atoms. The van der Waals surface area contributed by atoms with Gasteiger partial charge in [-0.2, -0.15) is 5.26 Å². The zero-order chi connectivity index (χ0) is 18.8. The minimum atomic E-state index is -1.03. The lowest BCUT2D eigenvalue weighted by molar-refractivity contribution is 0.0746. The fraction of sp³-hybridized carbons (Fsp3) is 0.316. The van der Waals surface area contributed by atoms with Crippen LogP contribution in [0.1, 0.15) is 27.3 Å². The van der Waals surface area contributed by atoms with Crippen LogP contribution in [-0.2, 0) is 0 Å². The van der Waals surface area contributed by atoms with Gasteiger partial charge in [-0.05, 0) is 38.1 Å². The summed E-state index contributed by atoms with van der Waals surface area (Å²) < 4.78 is 26.4. The minimum absolute atomic E-state index is 0.130. The maximum absolute atomic E-state index is 13.4. The number of nitriles is 1. The average molecular weight is 356 g/mol. The fourth-order valence-electron chi connectivity index (χ4n) is 3.16. The lowest BCUT2D eigenvalue weighted by Gasteiger charge is -2.36. The van der Waals surface area contributed by atoms with Crippen molar-refractivity contribution >= 4 is 11.6 Å². The Morgan fingerprint density at radius 3 is 2.42 bits per heavy atom. The first-order valence-electron chi connectivity index (χ1n) is 8.28. The standard InChI is InChI=1S/C19H18F2N4O/c1-12-9-18(15(11-22)13(2)23-12)24-5-7-25(8-6-24)19(26)14-3-4-16(20)17(21)10-14/h3-4,9-10H,5-8H2,1-2H3. The van der Waals surface area contributed by atoms with Crippen LogP contribution in [0, 0.1) is 36.8 Å². The summed E-state index contributed by atoms with van der Waals surface area (Å²) in [5, 5.41) is 9.41. The molecular weight excluding hydrogens is 338 g/mol. The molecule has 0 unspecified atom stereocenters. The van der Waals surface area contributed by atoms with Crippen molar-refractivity contribution in [1.82, 2.24) is 9.88 Å². The lowest BCUT2D eigenvalue weighted by atomic mass is 10.1. The molecule has 1 saturated heterocycles. The Balaban J connectivity index is 1.75. The Hall–Kier alpha value is -3.01. The van der Waals surface area contributed by atoms with Gasteiger partial charge in [-0.1, -0.05) is 0 Å². The predicted molar refractivity (Wildman–Crippen MR) is 92.9 cm³/mol. The fourth-order valence-corrected chi connectivity index (χ4v) is 3.16. The molecule has 134 valence electrons. The molecule has 26 heavy (non-hydrogen) atoms. The molecule has 0 atom stereocenters. The number of nitrogens with zero attached hydrogens (tertiary/aromatic N) is 4. The topological polar surface area (TPSA) is 60.2 Å². The van der Waals surface area contributed by atoms with Crippen LogP contribution in [0.5, 0.6) is 0 Å². The molecule has 2 aromatic rings. The number of aryl methyl sites for hydroxylation is 2. The number of piperazine rings is 1. The van der Waals surface area contributed by atoms with Crippen molar-refractivity contribution in [1.29, 1.82) is 5.26 Å². The van der Waals surface area contributed by atoms with E-state index in [0.717, 1.165) is 23.5 Å². The molecule has 1 aliphatic heterocycles. The smallest absolute Gasteiger partial charge is 0.254 e. The highest BCUT2D eigenvalue weighted by molar-refractivity contribution is 5.94. The molecular formula is C19H18F2N4O. The zero-order valence-electron chi connectivity index (χ0n) is 14.6. The number of aromatic nitrogens is 1. The molecule has 0 aliphatic carbocycles. The van der Waals surface area contributed by atoms with Gasteiger partial charge in [-0.25, -0.2) is 8.78 Å². The van der Waals surface area contributed by atoms with Crippen LogP contribution in [0.2, 0.25) is 0 Å². The van der Waals surface area contributed by atoms with Crippen LogP contribution >= 0.6 is 0 Å². The van der Waals surface area contributed by atoms with Gasteiger partial charge < -0.3 is 9.80 Å². The molecule has 1 aromatic heterocycles. The molecule has 1 aromatic carbocycles. The van der Waals surface area contributed by atoms with Crippen molar-refractivity contribution in [2.45, 2.75) is 13.8 Å². The number of hydrogen-bond acceptors (Lipinski definition) is 4. The van der Waals surface area contributed by atoms with Gasteiger partial charge in [0.05, 0.1) is 16.9 Å². The molecule has 5 nitrogen and oxygen atoms in total. The maximum Gasteiger partial charge on any atom is 0.254 e. The van der Waals surface area contributed by atoms with E-state index < -0.39 is 11.6 Å². The number of amides is 1. The van der Waals surface area contributed by atoms with E-state index in [1.165, 1.54) is 6.07 Å². The number of halogens is 2. The summed E-state index contributed by atoms with van der Waals surface area (Å²) in [7, 11) is 0. The second-order valence-corrected chi connectivity index (χ2v) is 6.26. The van der Waals surface area contributed by atoms with E-state index in [9.17, 15) is 18.8 Å². The van der Waals surface area contributed by atoms with Gasteiger partial charge in [0.25, 0.3) is 5.91 Å². The SMILES string of the molecule is Cc1cc(N2CCN(C(=O)c3ccc(F)c(F)c3)CC2)c(C#N)c(C)n1. The lowest BCUT2D eigenvalue weighted by Crippen LogP contribution is -2.49. The van der Waals surface area contributed by atoms with Crippen molar-refractivity contribution in [2.75, 3.05) is 31.1 Å². The average Bonchev–Trinajstić information content (AvgIpc) is 2.63. The molecule has 0 spiro atoms. The Morgan fingerprint density at radius 1 is 1.12 bits per heavy atom. The van der Waals surface area contributed by atoms with Crippen LogP contribution in [0.15, 0.2) is 24.3 Å². The Morgan fingerprint density at radius 2 is 1.81 bits per heavy atom. The molecule has 1 fully saturated rings. The molecule has 0 radical (unpaired) electrons. The summed E-state index contributed by atoms with van der Waals surface area (Å²) >= 11 is 0. The molecule has 0 N–H and O–H groups in total. The molecule has 7 heteroatoms. The Bertz CT molecular complexity index is 899. The largest absolute Gasteiger partial charge is 0.367 e. The van der Waals surface area contributed by atoms with E-state index in [2.05, 4.69) is 16.0 Å². The normalized spacial score (nSPS) is 14.3. The Kier molecular flexibility index (Phi) is 4.85. The van der Waals surface area contributed by atoms with Crippen LogP contribution in [-0.4, -0.2) is 42.0 Å². The first-order valence-corrected chi connectivity index (χ1v) is 8.28. The third-order valence-electron chi connectivity index (χ3n) is 4.49. The van der Waals surface area contributed by atoms with E-state index in [4.69, 9.17) is 0 Å². The van der Waals surface area contributed by atoms with Crippen molar-refractivity contribution in [3.8, 4) is 6.07 Å². The van der Waals surface area contributed by atoms with Gasteiger partial charge in [0.15, 0.2) is 11.6 Å². The molecule has 1 aliphatic rings. The summed E-state index contributed by atoms with van der Waals surface area (Å²) in [6.45, 7) is 5.64. The predicted octanol–water partition coefficient (Wildman–Crippen LogP) is 2.81. The van der Waals surface area contributed by atoms with Crippen molar-refractivity contribution < 1.29 is 13.6 Å². The molecule has 1 amide bonds.